The Morgan fingerprint density at radius 2 is 1.88 bits per heavy atom. The van der Waals surface area contributed by atoms with Crippen LogP contribution in [0.3, 0.4) is 0 Å². The van der Waals surface area contributed by atoms with E-state index in [0.29, 0.717) is 6.42 Å². The van der Waals surface area contributed by atoms with Crippen molar-refractivity contribution < 1.29 is 9.90 Å². The number of carboxylic acid groups (broad SMARTS) is 1. The number of aliphatic carboxylic acids is 1. The average Bonchev–Trinajstić information content (AvgIpc) is 2.20. The van der Waals surface area contributed by atoms with Gasteiger partial charge in [-0.2, -0.15) is 0 Å². The van der Waals surface area contributed by atoms with E-state index in [9.17, 15) is 4.79 Å². The first-order valence-corrected chi connectivity index (χ1v) is 5.86. The second kappa shape index (κ2) is 5.32. The zero-order valence-electron chi connectivity index (χ0n) is 10.7. The normalized spacial score (nSPS) is 13.4. The Balaban J connectivity index is 2.58. The van der Waals surface area contributed by atoms with Gasteiger partial charge in [-0.05, 0) is 39.2 Å². The molecule has 1 aromatic rings. The van der Waals surface area contributed by atoms with Gasteiger partial charge in [0.2, 0.25) is 0 Å². The topological polar surface area (TPSA) is 63.3 Å². The monoisotopic (exact) mass is 235 g/mol. The van der Waals surface area contributed by atoms with Crippen LogP contribution in [0.15, 0.2) is 24.3 Å². The molecule has 1 rings (SSSR count). The zero-order chi connectivity index (χ0) is 13.1. The van der Waals surface area contributed by atoms with Crippen LogP contribution in [0.25, 0.3) is 0 Å². The van der Waals surface area contributed by atoms with Gasteiger partial charge in [-0.1, -0.05) is 29.8 Å². The van der Waals surface area contributed by atoms with Crippen LogP contribution in [-0.4, -0.2) is 17.1 Å². The van der Waals surface area contributed by atoms with Crippen molar-refractivity contribution in [2.75, 3.05) is 0 Å². The Bertz CT molecular complexity index is 382. The third-order valence-corrected chi connectivity index (χ3v) is 2.97. The van der Waals surface area contributed by atoms with Gasteiger partial charge in [0.25, 0.3) is 0 Å². The lowest BCUT2D eigenvalue weighted by molar-refractivity contribution is -0.147. The molecule has 0 saturated heterocycles. The number of aryl methyl sites for hydroxylation is 1. The van der Waals surface area contributed by atoms with Crippen LogP contribution in [0.5, 0.6) is 0 Å². The van der Waals surface area contributed by atoms with E-state index in [1.165, 1.54) is 5.56 Å². The van der Waals surface area contributed by atoms with Crippen molar-refractivity contribution in [2.24, 2.45) is 11.1 Å². The number of hydrogen-bond acceptors (Lipinski definition) is 2. The third-order valence-electron chi connectivity index (χ3n) is 2.97. The molecule has 0 aromatic heterocycles. The SMILES string of the molecule is Cc1ccc(C[C@H](N)CC(C)(C)C(=O)O)cc1. The minimum absolute atomic E-state index is 0.121. The summed E-state index contributed by atoms with van der Waals surface area (Å²) in [5, 5.41) is 9.04. The number of nitrogens with two attached hydrogens (primary N) is 1. The predicted molar refractivity (Wildman–Crippen MR) is 68.9 cm³/mol. The third kappa shape index (κ3) is 4.19. The molecule has 3 heteroatoms. The van der Waals surface area contributed by atoms with Crippen molar-refractivity contribution in [1.29, 1.82) is 0 Å². The molecule has 0 fully saturated rings. The molecule has 0 unspecified atom stereocenters. The van der Waals surface area contributed by atoms with Gasteiger partial charge in [-0.15, -0.1) is 0 Å². The van der Waals surface area contributed by atoms with E-state index in [1.807, 2.05) is 31.2 Å². The van der Waals surface area contributed by atoms with Gasteiger partial charge in [0.05, 0.1) is 5.41 Å². The van der Waals surface area contributed by atoms with Gasteiger partial charge in [-0.3, -0.25) is 4.79 Å². The molecule has 0 radical (unpaired) electrons. The van der Waals surface area contributed by atoms with Gasteiger partial charge in [0.1, 0.15) is 0 Å². The summed E-state index contributed by atoms with van der Waals surface area (Å²) >= 11 is 0. The lowest BCUT2D eigenvalue weighted by atomic mass is 9.84. The molecule has 3 nitrogen and oxygen atoms in total. The maximum absolute atomic E-state index is 11.0. The van der Waals surface area contributed by atoms with E-state index in [0.717, 1.165) is 12.0 Å². The van der Waals surface area contributed by atoms with Crippen LogP contribution in [0.4, 0.5) is 0 Å². The van der Waals surface area contributed by atoms with Crippen molar-refractivity contribution in [2.45, 2.75) is 39.7 Å². The minimum Gasteiger partial charge on any atom is -0.481 e. The fourth-order valence-electron chi connectivity index (χ4n) is 1.84. The van der Waals surface area contributed by atoms with Crippen molar-refractivity contribution in [1.82, 2.24) is 0 Å². The molecule has 17 heavy (non-hydrogen) atoms. The zero-order valence-corrected chi connectivity index (χ0v) is 10.7. The second-order valence-corrected chi connectivity index (χ2v) is 5.34. The highest BCUT2D eigenvalue weighted by Gasteiger charge is 2.29. The van der Waals surface area contributed by atoms with Crippen LogP contribution >= 0.6 is 0 Å². The Labute approximate surface area is 103 Å². The highest BCUT2D eigenvalue weighted by atomic mass is 16.4. The maximum Gasteiger partial charge on any atom is 0.309 e. The molecule has 0 aliphatic carbocycles. The Hall–Kier alpha value is -1.35. The van der Waals surface area contributed by atoms with Crippen molar-refractivity contribution in [3.63, 3.8) is 0 Å². The maximum atomic E-state index is 11.0. The number of hydrogen-bond donors (Lipinski definition) is 2. The summed E-state index contributed by atoms with van der Waals surface area (Å²) in [5.41, 5.74) is 7.62. The summed E-state index contributed by atoms with van der Waals surface area (Å²) in [5.74, 6) is -0.795. The number of carboxylic acids is 1. The molecule has 0 amide bonds. The first-order chi connectivity index (χ1) is 7.81. The molecule has 1 atom stereocenters. The number of carbonyl (C=O) groups is 1. The Morgan fingerprint density at radius 1 is 1.35 bits per heavy atom. The van der Waals surface area contributed by atoms with Crippen LogP contribution in [0, 0.1) is 12.3 Å². The van der Waals surface area contributed by atoms with E-state index < -0.39 is 11.4 Å². The van der Waals surface area contributed by atoms with E-state index in [4.69, 9.17) is 10.8 Å². The molecule has 0 bridgehead atoms. The van der Waals surface area contributed by atoms with Crippen LogP contribution in [-0.2, 0) is 11.2 Å². The van der Waals surface area contributed by atoms with Gasteiger partial charge in [0, 0.05) is 6.04 Å². The van der Waals surface area contributed by atoms with Crippen LogP contribution in [0.1, 0.15) is 31.4 Å². The molecular formula is C14H21NO2. The first kappa shape index (κ1) is 13.7. The Kier molecular flexibility index (Phi) is 4.29. The molecule has 94 valence electrons. The summed E-state index contributed by atoms with van der Waals surface area (Å²) in [7, 11) is 0. The Morgan fingerprint density at radius 3 is 2.35 bits per heavy atom. The summed E-state index contributed by atoms with van der Waals surface area (Å²) in [4.78, 5) is 11.0. The summed E-state index contributed by atoms with van der Waals surface area (Å²) in [6.07, 6.45) is 1.20. The number of rotatable bonds is 5. The van der Waals surface area contributed by atoms with Gasteiger partial charge in [-0.25, -0.2) is 0 Å². The molecular weight excluding hydrogens is 214 g/mol. The summed E-state index contributed by atoms with van der Waals surface area (Å²) < 4.78 is 0. The van der Waals surface area contributed by atoms with E-state index in [1.54, 1.807) is 13.8 Å². The fourth-order valence-corrected chi connectivity index (χ4v) is 1.84. The minimum atomic E-state index is -0.795. The van der Waals surface area contributed by atoms with Crippen molar-refractivity contribution in [3.05, 3.63) is 35.4 Å². The van der Waals surface area contributed by atoms with Gasteiger partial charge >= 0.3 is 5.97 Å². The lowest BCUT2D eigenvalue weighted by Crippen LogP contribution is -2.34. The predicted octanol–water partition coefficient (Wildman–Crippen LogP) is 2.37. The van der Waals surface area contributed by atoms with E-state index in [-0.39, 0.29) is 6.04 Å². The smallest absolute Gasteiger partial charge is 0.309 e. The molecule has 1 aromatic carbocycles. The second-order valence-electron chi connectivity index (χ2n) is 5.34. The van der Waals surface area contributed by atoms with Gasteiger partial charge in [0.15, 0.2) is 0 Å². The van der Waals surface area contributed by atoms with Crippen LogP contribution in [0.2, 0.25) is 0 Å². The molecule has 0 aliphatic rings. The fraction of sp³-hybridized carbons (Fsp3) is 0.500. The largest absolute Gasteiger partial charge is 0.481 e. The molecule has 0 saturated carbocycles. The quantitative estimate of drug-likeness (QED) is 0.823. The lowest BCUT2D eigenvalue weighted by Gasteiger charge is -2.23. The summed E-state index contributed by atoms with van der Waals surface area (Å²) in [6, 6.07) is 8.06. The standard InChI is InChI=1S/C14H21NO2/c1-10-4-6-11(7-5-10)8-12(15)9-14(2,3)13(16)17/h4-7,12H,8-9,15H2,1-3H3,(H,16,17)/t12-/m0/s1. The molecule has 0 aliphatic heterocycles. The molecule has 0 heterocycles. The molecule has 0 spiro atoms. The van der Waals surface area contributed by atoms with Crippen LogP contribution < -0.4 is 5.73 Å². The number of benzene rings is 1. The molecule has 3 N–H and O–H groups in total. The van der Waals surface area contributed by atoms with Gasteiger partial charge < -0.3 is 10.8 Å². The van der Waals surface area contributed by atoms with E-state index in [2.05, 4.69) is 0 Å². The highest BCUT2D eigenvalue weighted by Crippen LogP contribution is 2.23. The summed E-state index contributed by atoms with van der Waals surface area (Å²) in [6.45, 7) is 5.46. The van der Waals surface area contributed by atoms with Crippen molar-refractivity contribution >= 4 is 5.97 Å². The van der Waals surface area contributed by atoms with E-state index >= 15 is 0 Å². The first-order valence-electron chi connectivity index (χ1n) is 5.86. The van der Waals surface area contributed by atoms with Crippen molar-refractivity contribution in [3.8, 4) is 0 Å². The highest BCUT2D eigenvalue weighted by molar-refractivity contribution is 5.73. The average molecular weight is 235 g/mol.